The van der Waals surface area contributed by atoms with Crippen LogP contribution >= 0.6 is 12.4 Å². The standard InChI is InChI=1S/C13H24N2O3.ClH/c14-13(5-7-18-8-6-13)12(17)15-9-10-3-1-2-4-11(10)16;/h10-11,16H,1-9,14H2,(H,15,17);1H. The number of halogens is 1. The third-order valence-electron chi connectivity index (χ3n) is 4.23. The molecule has 0 radical (unpaired) electrons. The molecule has 2 rings (SSSR count). The summed E-state index contributed by atoms with van der Waals surface area (Å²) in [7, 11) is 0. The van der Waals surface area contributed by atoms with Crippen molar-refractivity contribution in [3.63, 3.8) is 0 Å². The molecule has 0 bridgehead atoms. The fourth-order valence-corrected chi connectivity index (χ4v) is 2.79. The minimum Gasteiger partial charge on any atom is -0.393 e. The second-order valence-corrected chi connectivity index (χ2v) is 5.59. The number of aliphatic hydroxyl groups excluding tert-OH is 1. The summed E-state index contributed by atoms with van der Waals surface area (Å²) < 4.78 is 5.23. The van der Waals surface area contributed by atoms with Crippen molar-refractivity contribution in [2.45, 2.75) is 50.2 Å². The maximum atomic E-state index is 12.1. The highest BCUT2D eigenvalue weighted by Gasteiger charge is 2.36. The maximum Gasteiger partial charge on any atom is 0.240 e. The zero-order chi connectivity index (χ0) is 13.0. The van der Waals surface area contributed by atoms with Gasteiger partial charge in [0, 0.05) is 25.7 Å². The van der Waals surface area contributed by atoms with Crippen LogP contribution in [0.15, 0.2) is 0 Å². The molecule has 1 aliphatic heterocycles. The van der Waals surface area contributed by atoms with Crippen LogP contribution in [0.5, 0.6) is 0 Å². The van der Waals surface area contributed by atoms with Crippen LogP contribution < -0.4 is 11.1 Å². The largest absolute Gasteiger partial charge is 0.393 e. The van der Waals surface area contributed by atoms with E-state index in [1.807, 2.05) is 0 Å². The lowest BCUT2D eigenvalue weighted by Gasteiger charge is -2.33. The number of carbonyl (C=O) groups is 1. The Kier molecular flexibility index (Phi) is 6.53. The van der Waals surface area contributed by atoms with E-state index in [9.17, 15) is 9.90 Å². The van der Waals surface area contributed by atoms with Gasteiger partial charge in [-0.2, -0.15) is 0 Å². The van der Waals surface area contributed by atoms with Crippen LogP contribution in [0.1, 0.15) is 38.5 Å². The van der Waals surface area contributed by atoms with Gasteiger partial charge in [0.2, 0.25) is 5.91 Å². The van der Waals surface area contributed by atoms with Crippen LogP contribution in [-0.4, -0.2) is 42.4 Å². The average Bonchev–Trinajstić information content (AvgIpc) is 2.38. The summed E-state index contributed by atoms with van der Waals surface area (Å²) in [6, 6.07) is 0. The Morgan fingerprint density at radius 1 is 1.32 bits per heavy atom. The van der Waals surface area contributed by atoms with Crippen molar-refractivity contribution in [2.75, 3.05) is 19.8 Å². The number of nitrogens with two attached hydrogens (primary N) is 1. The average molecular weight is 293 g/mol. The van der Waals surface area contributed by atoms with E-state index in [-0.39, 0.29) is 30.3 Å². The minimum atomic E-state index is -0.780. The number of nitrogens with one attached hydrogen (secondary N) is 1. The fraction of sp³-hybridized carbons (Fsp3) is 0.923. The Morgan fingerprint density at radius 2 is 1.95 bits per heavy atom. The molecule has 19 heavy (non-hydrogen) atoms. The first-order chi connectivity index (χ1) is 8.62. The molecule has 2 unspecified atom stereocenters. The van der Waals surface area contributed by atoms with Crippen molar-refractivity contribution >= 4 is 18.3 Å². The van der Waals surface area contributed by atoms with E-state index in [0.717, 1.165) is 25.7 Å². The lowest BCUT2D eigenvalue weighted by atomic mass is 9.85. The zero-order valence-corrected chi connectivity index (χ0v) is 12.1. The fourth-order valence-electron chi connectivity index (χ4n) is 2.79. The summed E-state index contributed by atoms with van der Waals surface area (Å²) in [5.41, 5.74) is 5.32. The third-order valence-corrected chi connectivity index (χ3v) is 4.23. The Hall–Kier alpha value is -0.360. The molecule has 0 aromatic rings. The number of rotatable bonds is 3. The molecule has 2 aliphatic rings. The first-order valence-electron chi connectivity index (χ1n) is 6.95. The molecule has 5 nitrogen and oxygen atoms in total. The van der Waals surface area contributed by atoms with Gasteiger partial charge in [0.15, 0.2) is 0 Å². The zero-order valence-electron chi connectivity index (χ0n) is 11.3. The molecule has 1 heterocycles. The van der Waals surface area contributed by atoms with E-state index in [2.05, 4.69) is 5.32 Å². The number of carbonyl (C=O) groups excluding carboxylic acids is 1. The molecule has 1 aliphatic carbocycles. The van der Waals surface area contributed by atoms with Gasteiger partial charge in [0.25, 0.3) is 0 Å². The van der Waals surface area contributed by atoms with Gasteiger partial charge in [-0.05, 0) is 25.7 Å². The Morgan fingerprint density at radius 3 is 2.58 bits per heavy atom. The quantitative estimate of drug-likeness (QED) is 0.710. The van der Waals surface area contributed by atoms with Crippen molar-refractivity contribution < 1.29 is 14.6 Å². The Labute approximate surface area is 120 Å². The van der Waals surface area contributed by atoms with Gasteiger partial charge in [-0.3, -0.25) is 4.79 Å². The van der Waals surface area contributed by atoms with Crippen molar-refractivity contribution in [3.8, 4) is 0 Å². The normalized spacial score (nSPS) is 30.2. The molecule has 2 atom stereocenters. The molecule has 0 spiro atoms. The topological polar surface area (TPSA) is 84.6 Å². The van der Waals surface area contributed by atoms with E-state index in [0.29, 0.717) is 32.6 Å². The molecule has 6 heteroatoms. The lowest BCUT2D eigenvalue weighted by Crippen LogP contribution is -2.57. The number of aliphatic hydroxyl groups is 1. The van der Waals surface area contributed by atoms with Crippen LogP contribution in [0.2, 0.25) is 0 Å². The third kappa shape index (κ3) is 4.31. The highest BCUT2D eigenvalue weighted by Crippen LogP contribution is 2.24. The van der Waals surface area contributed by atoms with E-state index in [4.69, 9.17) is 10.5 Å². The van der Waals surface area contributed by atoms with Gasteiger partial charge in [-0.25, -0.2) is 0 Å². The van der Waals surface area contributed by atoms with Gasteiger partial charge in [0.1, 0.15) is 0 Å². The first kappa shape index (κ1) is 16.7. The minimum absolute atomic E-state index is 0. The van der Waals surface area contributed by atoms with Crippen LogP contribution in [0, 0.1) is 5.92 Å². The predicted molar refractivity (Wildman–Crippen MR) is 75.2 cm³/mol. The van der Waals surface area contributed by atoms with Gasteiger partial charge in [-0.1, -0.05) is 12.8 Å². The summed E-state index contributed by atoms with van der Waals surface area (Å²) in [4.78, 5) is 12.1. The van der Waals surface area contributed by atoms with Crippen molar-refractivity contribution in [2.24, 2.45) is 11.7 Å². The molecule has 112 valence electrons. The van der Waals surface area contributed by atoms with Crippen molar-refractivity contribution in [3.05, 3.63) is 0 Å². The number of ether oxygens (including phenoxy) is 1. The SMILES string of the molecule is Cl.NC1(C(=O)NCC2CCCCC2O)CCOCC1. The van der Waals surface area contributed by atoms with Crippen LogP contribution in [0.3, 0.4) is 0 Å². The summed E-state index contributed by atoms with van der Waals surface area (Å²) in [6.07, 6.45) is 4.94. The van der Waals surface area contributed by atoms with E-state index in [1.165, 1.54) is 0 Å². The lowest BCUT2D eigenvalue weighted by molar-refractivity contribution is -0.130. The smallest absolute Gasteiger partial charge is 0.240 e. The summed E-state index contributed by atoms with van der Waals surface area (Å²) in [5.74, 6) is 0.0923. The molecule has 1 saturated carbocycles. The molecule has 4 N–H and O–H groups in total. The van der Waals surface area contributed by atoms with E-state index in [1.54, 1.807) is 0 Å². The van der Waals surface area contributed by atoms with Crippen LogP contribution in [0.4, 0.5) is 0 Å². The number of amides is 1. The molecule has 2 fully saturated rings. The summed E-state index contributed by atoms with van der Waals surface area (Å²) in [5, 5.41) is 12.8. The highest BCUT2D eigenvalue weighted by atomic mass is 35.5. The van der Waals surface area contributed by atoms with Gasteiger partial charge < -0.3 is 20.9 Å². The monoisotopic (exact) mass is 292 g/mol. The molecular formula is C13H25ClN2O3. The van der Waals surface area contributed by atoms with Crippen molar-refractivity contribution in [1.82, 2.24) is 5.32 Å². The summed E-state index contributed by atoms with van der Waals surface area (Å²) >= 11 is 0. The second-order valence-electron chi connectivity index (χ2n) is 5.59. The first-order valence-corrected chi connectivity index (χ1v) is 6.95. The van der Waals surface area contributed by atoms with Gasteiger partial charge in [0.05, 0.1) is 11.6 Å². The van der Waals surface area contributed by atoms with E-state index < -0.39 is 5.54 Å². The van der Waals surface area contributed by atoms with Crippen molar-refractivity contribution in [1.29, 1.82) is 0 Å². The van der Waals surface area contributed by atoms with Gasteiger partial charge >= 0.3 is 0 Å². The Balaban J connectivity index is 0.00000180. The van der Waals surface area contributed by atoms with E-state index >= 15 is 0 Å². The number of hydrogen-bond acceptors (Lipinski definition) is 4. The molecule has 0 aromatic heterocycles. The number of hydrogen-bond donors (Lipinski definition) is 3. The second kappa shape index (κ2) is 7.43. The molecular weight excluding hydrogens is 268 g/mol. The summed E-state index contributed by atoms with van der Waals surface area (Å²) in [6.45, 7) is 1.64. The molecule has 0 aromatic carbocycles. The molecule has 1 saturated heterocycles. The maximum absolute atomic E-state index is 12.1. The Bertz CT molecular complexity index is 296. The highest BCUT2D eigenvalue weighted by molar-refractivity contribution is 5.86. The molecule has 1 amide bonds. The van der Waals surface area contributed by atoms with Crippen LogP contribution in [0.25, 0.3) is 0 Å². The predicted octanol–water partition coefficient (Wildman–Crippen LogP) is 0.583. The van der Waals surface area contributed by atoms with Crippen LogP contribution in [-0.2, 0) is 9.53 Å². The van der Waals surface area contributed by atoms with Gasteiger partial charge in [-0.15, -0.1) is 12.4 Å².